The Bertz CT molecular complexity index is 835. The van der Waals surface area contributed by atoms with Gasteiger partial charge in [0.1, 0.15) is 25.3 Å². The van der Waals surface area contributed by atoms with Gasteiger partial charge < -0.3 is 14.3 Å². The van der Waals surface area contributed by atoms with Crippen molar-refractivity contribution < 1.29 is 14.3 Å². The van der Waals surface area contributed by atoms with E-state index in [4.69, 9.17) is 4.74 Å². The average molecular weight is 444 g/mol. The molecule has 2 aromatic rings. The molecule has 1 atom stereocenters. The van der Waals surface area contributed by atoms with Gasteiger partial charge in [-0.1, -0.05) is 30.3 Å². The summed E-state index contributed by atoms with van der Waals surface area (Å²) in [6.45, 7) is 1.81. The van der Waals surface area contributed by atoms with E-state index < -0.39 is 6.10 Å². The van der Waals surface area contributed by atoms with Gasteiger partial charge in [0.15, 0.2) is 5.75 Å². The lowest BCUT2D eigenvalue weighted by atomic mass is 10.0. The van der Waals surface area contributed by atoms with E-state index in [-0.39, 0.29) is 6.61 Å². The van der Waals surface area contributed by atoms with E-state index in [9.17, 15) is 10.4 Å². The molecule has 2 aromatic carbocycles. The van der Waals surface area contributed by atoms with Crippen LogP contribution in [0.15, 0.2) is 46.9 Å². The second-order valence-corrected chi connectivity index (χ2v) is 9.22. The molecule has 0 spiro atoms. The number of hydrogen-bond acceptors (Lipinski definition) is 3. The van der Waals surface area contributed by atoms with Crippen molar-refractivity contribution in [2.75, 3.05) is 33.8 Å². The standard InChI is InChI=1S/C23H28BrN2O2/c1-26(2,11-10-17-12-18-6-3-4-7-19(18)13-17)15-21(27)16-28-23-20(14-25)8-5-9-22(23)24/h3-9,17,21,27H,10-13,15-16H2,1-2H3/q+1/t21-/m1/s1. The Morgan fingerprint density at radius 2 is 1.86 bits per heavy atom. The van der Waals surface area contributed by atoms with Crippen LogP contribution in [-0.4, -0.2) is 49.5 Å². The van der Waals surface area contributed by atoms with Crippen LogP contribution in [0.25, 0.3) is 0 Å². The maximum atomic E-state index is 10.5. The first-order valence-electron chi connectivity index (χ1n) is 9.76. The summed E-state index contributed by atoms with van der Waals surface area (Å²) in [5.41, 5.74) is 3.46. The number of ether oxygens (including phenoxy) is 1. The van der Waals surface area contributed by atoms with Crippen molar-refractivity contribution in [2.24, 2.45) is 5.92 Å². The summed E-state index contributed by atoms with van der Waals surface area (Å²) in [6, 6.07) is 16.2. The largest absolute Gasteiger partial charge is 0.488 e. The second kappa shape index (κ2) is 9.09. The Morgan fingerprint density at radius 1 is 1.18 bits per heavy atom. The predicted molar refractivity (Wildman–Crippen MR) is 114 cm³/mol. The number of hydrogen-bond donors (Lipinski definition) is 1. The molecule has 0 amide bonds. The number of nitriles is 1. The molecule has 0 fully saturated rings. The first-order valence-corrected chi connectivity index (χ1v) is 10.6. The lowest BCUT2D eigenvalue weighted by molar-refractivity contribution is -0.894. The van der Waals surface area contributed by atoms with Crippen LogP contribution in [-0.2, 0) is 12.8 Å². The third-order valence-corrected chi connectivity index (χ3v) is 6.12. The molecule has 0 saturated carbocycles. The Labute approximate surface area is 176 Å². The van der Waals surface area contributed by atoms with Crippen LogP contribution in [0.4, 0.5) is 0 Å². The highest BCUT2D eigenvalue weighted by Crippen LogP contribution is 2.30. The van der Waals surface area contributed by atoms with E-state index >= 15 is 0 Å². The Balaban J connectivity index is 1.47. The number of nitrogens with zero attached hydrogens (tertiary/aromatic N) is 2. The zero-order valence-corrected chi connectivity index (χ0v) is 18.2. The van der Waals surface area contributed by atoms with Gasteiger partial charge in [-0.3, -0.25) is 0 Å². The fourth-order valence-corrected chi connectivity index (χ4v) is 4.50. The van der Waals surface area contributed by atoms with E-state index in [1.807, 2.05) is 6.07 Å². The minimum Gasteiger partial charge on any atom is -0.488 e. The summed E-state index contributed by atoms with van der Waals surface area (Å²) in [7, 11) is 4.31. The highest BCUT2D eigenvalue weighted by atomic mass is 79.9. The highest BCUT2D eigenvalue weighted by molar-refractivity contribution is 9.10. The van der Waals surface area contributed by atoms with E-state index in [1.165, 1.54) is 24.0 Å². The number of aliphatic hydroxyl groups is 1. The van der Waals surface area contributed by atoms with Crippen molar-refractivity contribution in [1.82, 2.24) is 0 Å². The van der Waals surface area contributed by atoms with Gasteiger partial charge in [0.25, 0.3) is 0 Å². The predicted octanol–water partition coefficient (Wildman–Crippen LogP) is 3.94. The zero-order valence-electron chi connectivity index (χ0n) is 16.6. The minimum atomic E-state index is -0.588. The zero-order chi connectivity index (χ0) is 20.1. The number of likely N-dealkylation sites (N-methyl/N-ethyl adjacent to an activating group) is 1. The molecule has 3 rings (SSSR count). The molecule has 0 bridgehead atoms. The van der Waals surface area contributed by atoms with Crippen molar-refractivity contribution in [3.05, 3.63) is 63.6 Å². The number of benzene rings is 2. The third kappa shape index (κ3) is 5.35. The molecule has 0 heterocycles. The topological polar surface area (TPSA) is 53.2 Å². The molecule has 1 aliphatic carbocycles. The molecule has 148 valence electrons. The molecule has 5 heteroatoms. The number of rotatable bonds is 8. The summed E-state index contributed by atoms with van der Waals surface area (Å²) in [5, 5.41) is 19.7. The van der Waals surface area contributed by atoms with E-state index in [0.717, 1.165) is 21.9 Å². The quantitative estimate of drug-likeness (QED) is 0.628. The lowest BCUT2D eigenvalue weighted by Gasteiger charge is -2.32. The molecule has 0 saturated heterocycles. The van der Waals surface area contributed by atoms with Crippen molar-refractivity contribution in [1.29, 1.82) is 5.26 Å². The maximum absolute atomic E-state index is 10.5. The lowest BCUT2D eigenvalue weighted by Crippen LogP contribution is -2.48. The van der Waals surface area contributed by atoms with Crippen molar-refractivity contribution in [3.8, 4) is 11.8 Å². The van der Waals surface area contributed by atoms with Crippen molar-refractivity contribution in [2.45, 2.75) is 25.4 Å². The first-order chi connectivity index (χ1) is 13.4. The van der Waals surface area contributed by atoms with Gasteiger partial charge in [-0.15, -0.1) is 0 Å². The van der Waals surface area contributed by atoms with Crippen LogP contribution in [0.2, 0.25) is 0 Å². The number of para-hydroxylation sites is 1. The smallest absolute Gasteiger partial charge is 0.151 e. The van der Waals surface area contributed by atoms with E-state index in [0.29, 0.717) is 23.8 Å². The Kier molecular flexibility index (Phi) is 6.77. The maximum Gasteiger partial charge on any atom is 0.151 e. The monoisotopic (exact) mass is 443 g/mol. The number of quaternary nitrogens is 1. The van der Waals surface area contributed by atoms with Crippen LogP contribution in [0.1, 0.15) is 23.1 Å². The minimum absolute atomic E-state index is 0.174. The van der Waals surface area contributed by atoms with Crippen molar-refractivity contribution >= 4 is 15.9 Å². The molecule has 4 nitrogen and oxygen atoms in total. The van der Waals surface area contributed by atoms with Crippen molar-refractivity contribution in [3.63, 3.8) is 0 Å². The van der Waals surface area contributed by atoms with E-state index in [2.05, 4.69) is 60.4 Å². The van der Waals surface area contributed by atoms with Crippen LogP contribution in [0.5, 0.6) is 5.75 Å². The van der Waals surface area contributed by atoms with Gasteiger partial charge in [0.05, 0.1) is 30.7 Å². The molecule has 0 aliphatic heterocycles. The van der Waals surface area contributed by atoms with Gasteiger partial charge in [-0.25, -0.2) is 0 Å². The summed E-state index contributed by atoms with van der Waals surface area (Å²) < 4.78 is 7.24. The number of halogens is 1. The molecule has 1 aliphatic rings. The SMILES string of the molecule is C[N+](C)(CCC1Cc2ccccc2C1)C[C@@H](O)COc1c(Br)cccc1C#N. The molecule has 0 unspecified atom stereocenters. The molecule has 0 aromatic heterocycles. The van der Waals surface area contributed by atoms with Crippen LogP contribution >= 0.6 is 15.9 Å². The first kappa shape index (κ1) is 20.9. The summed E-state index contributed by atoms with van der Waals surface area (Å²) in [5.74, 6) is 1.19. The summed E-state index contributed by atoms with van der Waals surface area (Å²) in [4.78, 5) is 0. The third-order valence-electron chi connectivity index (χ3n) is 5.49. The van der Waals surface area contributed by atoms with Gasteiger partial charge in [-0.2, -0.15) is 5.26 Å². The summed E-state index contributed by atoms with van der Waals surface area (Å²) >= 11 is 3.41. The second-order valence-electron chi connectivity index (χ2n) is 8.37. The summed E-state index contributed by atoms with van der Waals surface area (Å²) in [6.07, 6.45) is 2.90. The fraction of sp³-hybridized carbons (Fsp3) is 0.435. The van der Waals surface area contributed by atoms with Crippen LogP contribution in [0, 0.1) is 17.2 Å². The molecule has 0 radical (unpaired) electrons. The van der Waals surface area contributed by atoms with Gasteiger partial charge in [0.2, 0.25) is 0 Å². The molecule has 1 N–H and O–H groups in total. The molecular formula is C23H28BrN2O2+. The molecular weight excluding hydrogens is 416 g/mol. The average Bonchev–Trinajstić information content (AvgIpc) is 3.08. The Morgan fingerprint density at radius 3 is 2.50 bits per heavy atom. The molecule has 28 heavy (non-hydrogen) atoms. The van der Waals surface area contributed by atoms with Crippen LogP contribution in [0.3, 0.4) is 0 Å². The number of aliphatic hydroxyl groups excluding tert-OH is 1. The number of fused-ring (bicyclic) bond motifs is 1. The van der Waals surface area contributed by atoms with Gasteiger partial charge in [0, 0.05) is 6.42 Å². The fourth-order valence-electron chi connectivity index (χ4n) is 4.02. The highest BCUT2D eigenvalue weighted by Gasteiger charge is 2.26. The Hall–Kier alpha value is -1.87. The van der Waals surface area contributed by atoms with E-state index in [1.54, 1.807) is 12.1 Å². The van der Waals surface area contributed by atoms with Crippen LogP contribution < -0.4 is 4.74 Å². The van der Waals surface area contributed by atoms with Gasteiger partial charge in [-0.05, 0) is 57.9 Å². The van der Waals surface area contributed by atoms with Gasteiger partial charge >= 0.3 is 0 Å². The normalized spacial score (nSPS) is 15.1.